The molecule has 336 valence electrons. The summed E-state index contributed by atoms with van der Waals surface area (Å²) in [5.74, 6) is 0.865. The number of β-amino-alcohol motifs (C(OH)–C–C–N with tert-alkyl or cyclic N) is 1. The number of fused-ring (bicyclic) bond motifs is 2. The van der Waals surface area contributed by atoms with Crippen LogP contribution in [-0.4, -0.2) is 85.8 Å². The lowest BCUT2D eigenvalue weighted by Gasteiger charge is -2.19. The van der Waals surface area contributed by atoms with Crippen molar-refractivity contribution in [1.29, 1.82) is 0 Å². The fraction of sp³-hybridized carbons (Fsp3) is 0.375. The molecule has 3 aliphatic rings. The Labute approximate surface area is 372 Å². The van der Waals surface area contributed by atoms with E-state index in [-0.39, 0.29) is 60.1 Å². The van der Waals surface area contributed by atoms with Gasteiger partial charge in [0.15, 0.2) is 6.10 Å². The van der Waals surface area contributed by atoms with E-state index < -0.39 is 30.1 Å². The molecule has 4 atom stereocenters. The van der Waals surface area contributed by atoms with E-state index >= 15 is 0 Å². The van der Waals surface area contributed by atoms with Crippen LogP contribution >= 0.6 is 0 Å². The molecule has 14 nitrogen and oxygen atoms in total. The topological polar surface area (TPSA) is 173 Å². The van der Waals surface area contributed by atoms with Crippen molar-refractivity contribution in [3.8, 4) is 63.3 Å². The summed E-state index contributed by atoms with van der Waals surface area (Å²) in [5.41, 5.74) is 5.42. The number of hydrogen-bond acceptors (Lipinski definition) is 12. The summed E-state index contributed by atoms with van der Waals surface area (Å²) in [4.78, 5) is 28.0. The predicted octanol–water partition coefficient (Wildman–Crippen LogP) is 8.22. The molecule has 1 fully saturated rings. The zero-order valence-electron chi connectivity index (χ0n) is 35.9. The van der Waals surface area contributed by atoms with E-state index in [9.17, 15) is 28.2 Å². The van der Waals surface area contributed by atoms with Gasteiger partial charge in [0, 0.05) is 41.4 Å². The Morgan fingerprint density at radius 3 is 2.17 bits per heavy atom. The van der Waals surface area contributed by atoms with Crippen LogP contribution in [0.5, 0.6) is 11.5 Å². The monoisotopic (exact) mass is 890 g/mol. The maximum atomic E-state index is 14.5. The Balaban J connectivity index is 0.889. The number of rotatable bonds is 12. The van der Waals surface area contributed by atoms with Gasteiger partial charge in [0.05, 0.1) is 30.4 Å². The van der Waals surface area contributed by atoms with Crippen LogP contribution in [0.4, 0.5) is 13.2 Å². The quantitative estimate of drug-likeness (QED) is 0.108. The molecule has 1 saturated heterocycles. The number of alkyl halides is 3. The van der Waals surface area contributed by atoms with E-state index in [4.69, 9.17) is 23.5 Å². The zero-order valence-corrected chi connectivity index (χ0v) is 35.9. The van der Waals surface area contributed by atoms with Crippen LogP contribution in [0, 0.1) is 6.07 Å². The number of ether oxygens (including phenoxy) is 2. The molecule has 65 heavy (non-hydrogen) atoms. The van der Waals surface area contributed by atoms with Crippen molar-refractivity contribution >= 4 is 5.91 Å². The Kier molecular flexibility index (Phi) is 12.2. The minimum absolute atomic E-state index is 0.0189. The fourth-order valence-electron chi connectivity index (χ4n) is 8.72. The number of benzene rings is 4. The van der Waals surface area contributed by atoms with Gasteiger partial charge >= 0.3 is 12.2 Å². The molecule has 1 amide bonds. The van der Waals surface area contributed by atoms with Crippen LogP contribution < -0.4 is 14.8 Å². The average Bonchev–Trinajstić information content (AvgIpc) is 4.15. The molecule has 0 saturated carbocycles. The molecule has 9 rings (SSSR count). The maximum absolute atomic E-state index is 14.5. The SMILES string of the molecule is CC(C)Oc1ccc(-c2nc(-c3cccc4c3CC[C@H]4NCC(=O)N3CC[C@H](O)C3)no2)cc1C#[N+]CC(C)Oc1ccc(-c2nc(-c3cccc4c3CC[C@@H]4O)no2)cc1C(F)(F)F. The summed E-state index contributed by atoms with van der Waals surface area (Å²) >= 11 is 0. The predicted molar refractivity (Wildman–Crippen MR) is 232 cm³/mol. The number of aliphatic hydroxyl groups is 2. The first-order valence-electron chi connectivity index (χ1n) is 21.7. The Morgan fingerprint density at radius 2 is 1.51 bits per heavy atom. The Morgan fingerprint density at radius 1 is 0.862 bits per heavy atom. The number of halogens is 3. The number of carbonyl (C=O) groups is 1. The average molecular weight is 891 g/mol. The first-order valence-corrected chi connectivity index (χ1v) is 21.7. The third-order valence-electron chi connectivity index (χ3n) is 11.9. The van der Waals surface area contributed by atoms with E-state index in [0.29, 0.717) is 60.6 Å². The van der Waals surface area contributed by atoms with Gasteiger partial charge in [-0.25, -0.2) is 0 Å². The molecule has 3 N–H and O–H groups in total. The third-order valence-corrected chi connectivity index (χ3v) is 11.9. The lowest BCUT2D eigenvalue weighted by atomic mass is 10.0. The van der Waals surface area contributed by atoms with Gasteiger partial charge in [0.1, 0.15) is 17.1 Å². The van der Waals surface area contributed by atoms with Gasteiger partial charge in [0.25, 0.3) is 18.3 Å². The van der Waals surface area contributed by atoms with Gasteiger partial charge in [0.2, 0.25) is 17.6 Å². The van der Waals surface area contributed by atoms with Gasteiger partial charge in [-0.1, -0.05) is 51.6 Å². The summed E-state index contributed by atoms with van der Waals surface area (Å²) in [5, 5.41) is 31.9. The minimum Gasteiger partial charge on any atom is -0.489 e. The molecule has 0 spiro atoms. The normalized spacial score (nSPS) is 18.4. The van der Waals surface area contributed by atoms with Gasteiger partial charge in [-0.2, -0.15) is 23.1 Å². The number of aliphatic hydroxyl groups excluding tert-OH is 2. The second kappa shape index (κ2) is 18.1. The number of likely N-dealkylation sites (tertiary alicyclic amines) is 1. The molecular weight excluding hydrogens is 844 g/mol. The summed E-state index contributed by atoms with van der Waals surface area (Å²) in [6, 6.07) is 23.2. The van der Waals surface area contributed by atoms with Gasteiger partial charge < -0.3 is 38.9 Å². The van der Waals surface area contributed by atoms with Crippen LogP contribution in [-0.2, 0) is 23.8 Å². The molecular formula is C48H47F3N7O7+. The Hall–Kier alpha value is -6.61. The minimum atomic E-state index is -4.76. The smallest absolute Gasteiger partial charge is 0.419 e. The molecule has 0 bridgehead atoms. The van der Waals surface area contributed by atoms with Crippen LogP contribution in [0.15, 0.2) is 81.8 Å². The number of aromatic nitrogens is 4. The van der Waals surface area contributed by atoms with E-state index in [2.05, 4.69) is 31.5 Å². The summed E-state index contributed by atoms with van der Waals surface area (Å²) in [6.07, 6.45) is -3.45. The number of amides is 1. The number of nitrogens with zero attached hydrogens (tertiary/aromatic N) is 6. The molecule has 3 heterocycles. The van der Waals surface area contributed by atoms with Crippen molar-refractivity contribution in [2.24, 2.45) is 0 Å². The molecule has 6 aromatic rings. The molecule has 2 aliphatic carbocycles. The van der Waals surface area contributed by atoms with Crippen LogP contribution in [0.1, 0.15) is 85.6 Å². The molecule has 0 radical (unpaired) electrons. The second-order valence-corrected chi connectivity index (χ2v) is 16.9. The highest BCUT2D eigenvalue weighted by Gasteiger charge is 2.36. The van der Waals surface area contributed by atoms with Crippen molar-refractivity contribution < 1.29 is 46.7 Å². The van der Waals surface area contributed by atoms with Crippen molar-refractivity contribution in [2.75, 3.05) is 26.2 Å². The number of nitrogens with one attached hydrogen (secondary N) is 1. The van der Waals surface area contributed by atoms with Crippen molar-refractivity contribution in [1.82, 2.24) is 30.5 Å². The van der Waals surface area contributed by atoms with Crippen LogP contribution in [0.3, 0.4) is 0 Å². The molecule has 2 aromatic heterocycles. The highest BCUT2D eigenvalue weighted by molar-refractivity contribution is 5.79. The third kappa shape index (κ3) is 9.33. The van der Waals surface area contributed by atoms with Gasteiger partial charge in [-0.05, 0) is 112 Å². The fourth-order valence-corrected chi connectivity index (χ4v) is 8.72. The summed E-state index contributed by atoms with van der Waals surface area (Å²) < 4.78 is 66.4. The number of carbonyl (C=O) groups excluding carboxylic acids is 1. The highest BCUT2D eigenvalue weighted by Crippen LogP contribution is 2.41. The first kappa shape index (κ1) is 43.6. The number of hydrogen-bond donors (Lipinski definition) is 3. The maximum Gasteiger partial charge on any atom is 0.419 e. The highest BCUT2D eigenvalue weighted by atomic mass is 19.4. The van der Waals surface area contributed by atoms with E-state index in [1.165, 1.54) is 12.1 Å². The summed E-state index contributed by atoms with van der Waals surface area (Å²) in [7, 11) is 0. The van der Waals surface area contributed by atoms with E-state index in [1.807, 2.05) is 38.1 Å². The molecule has 4 aromatic carbocycles. The molecule has 17 heteroatoms. The van der Waals surface area contributed by atoms with E-state index in [0.717, 1.165) is 46.7 Å². The largest absolute Gasteiger partial charge is 0.489 e. The van der Waals surface area contributed by atoms with Crippen molar-refractivity contribution in [3.05, 3.63) is 111 Å². The van der Waals surface area contributed by atoms with E-state index in [1.54, 1.807) is 42.2 Å². The van der Waals surface area contributed by atoms with Gasteiger partial charge in [-0.3, -0.25) is 4.79 Å². The zero-order chi connectivity index (χ0) is 45.4. The Bertz CT molecular complexity index is 2800. The van der Waals surface area contributed by atoms with Crippen molar-refractivity contribution in [3.63, 3.8) is 0 Å². The van der Waals surface area contributed by atoms with Gasteiger partial charge in [-0.15, -0.1) is 0 Å². The first-order chi connectivity index (χ1) is 31.3. The lowest BCUT2D eigenvalue weighted by Crippen LogP contribution is -2.38. The second-order valence-electron chi connectivity index (χ2n) is 16.9. The lowest BCUT2D eigenvalue weighted by molar-refractivity contribution is -0.139. The molecule has 1 unspecified atom stereocenters. The molecule has 1 aliphatic heterocycles. The van der Waals surface area contributed by atoms with Crippen LogP contribution in [0.25, 0.3) is 50.5 Å². The standard InChI is InChI=1S/C48H47F3N7O7/c1-26(2)62-41-16-10-28(46-54-44(56-64-46)36-8-4-6-34-32(36)12-14-39(34)53-24-43(61)58-19-18-31(59)25-58)20-30(41)23-52-22-27(3)63-42-17-11-29(21-38(42)48(49,50)51)47-55-45(57-65-47)37-9-5-7-35-33(37)13-15-40(35)60/h4-11,16-17,20-21,26-27,31,39-40,53,59-60H,12-15,18-19,22,24-25H2,1-3H3/q+1/t27?,31-,39+,40-/m0/s1. The summed E-state index contributed by atoms with van der Waals surface area (Å²) in [6.45, 7) is 6.44. The van der Waals surface area contributed by atoms with Crippen molar-refractivity contribution in [2.45, 2.75) is 89.5 Å². The van der Waals surface area contributed by atoms with Crippen LogP contribution in [0.2, 0.25) is 0 Å².